The number of nitrogens with zero attached hydrogens (tertiary/aromatic N) is 2. The minimum absolute atomic E-state index is 0.130. The fraction of sp³-hybridized carbons (Fsp3) is 0.600. The van der Waals surface area contributed by atoms with Gasteiger partial charge in [0.2, 0.25) is 5.91 Å². The highest BCUT2D eigenvalue weighted by Crippen LogP contribution is 2.14. The monoisotopic (exact) mass is 395 g/mol. The molecule has 7 heteroatoms. The molecule has 1 heterocycles. The molecule has 150 valence electrons. The predicted octanol–water partition coefficient (Wildman–Crippen LogP) is 2.16. The Morgan fingerprint density at radius 3 is 2.44 bits per heavy atom. The molecule has 1 fully saturated rings. The van der Waals surface area contributed by atoms with Crippen LogP contribution in [-0.2, 0) is 20.9 Å². The molecule has 0 unspecified atom stereocenters. The van der Waals surface area contributed by atoms with Crippen LogP contribution in [0.1, 0.15) is 25.8 Å². The summed E-state index contributed by atoms with van der Waals surface area (Å²) in [5, 5.41) is 3.57. The number of hydrogen-bond donors (Lipinski definition) is 1. The van der Waals surface area contributed by atoms with Gasteiger partial charge in [-0.1, -0.05) is 37.6 Å². The fourth-order valence-corrected chi connectivity index (χ4v) is 3.48. The van der Waals surface area contributed by atoms with Gasteiger partial charge in [-0.15, -0.1) is 0 Å². The smallest absolute Gasteiger partial charge is 0.328 e. The number of piperazine rings is 1. The Morgan fingerprint density at radius 2 is 1.85 bits per heavy atom. The summed E-state index contributed by atoms with van der Waals surface area (Å²) in [6.07, 6.45) is 0.575. The molecule has 0 saturated carbocycles. The molecule has 1 aromatic rings. The Balaban J connectivity index is 1.77. The molecule has 1 saturated heterocycles. The van der Waals surface area contributed by atoms with Crippen LogP contribution >= 0.6 is 11.6 Å². The number of esters is 1. The van der Waals surface area contributed by atoms with Crippen molar-refractivity contribution in [2.45, 2.75) is 32.9 Å². The summed E-state index contributed by atoms with van der Waals surface area (Å²) in [5.41, 5.74) is 1.20. The number of amides is 1. The average Bonchev–Trinajstić information content (AvgIpc) is 2.62. The summed E-state index contributed by atoms with van der Waals surface area (Å²) in [7, 11) is 1.35. The van der Waals surface area contributed by atoms with Gasteiger partial charge in [0.15, 0.2) is 0 Å². The van der Waals surface area contributed by atoms with Crippen molar-refractivity contribution in [1.82, 2.24) is 15.1 Å². The van der Waals surface area contributed by atoms with Gasteiger partial charge in [0, 0.05) is 37.7 Å². The largest absolute Gasteiger partial charge is 0.467 e. The van der Waals surface area contributed by atoms with E-state index < -0.39 is 6.04 Å². The normalized spacial score (nSPS) is 16.9. The molecule has 6 nitrogen and oxygen atoms in total. The average molecular weight is 396 g/mol. The third-order valence-electron chi connectivity index (χ3n) is 4.66. The van der Waals surface area contributed by atoms with E-state index in [0.717, 1.165) is 37.7 Å². The summed E-state index contributed by atoms with van der Waals surface area (Å²) in [4.78, 5) is 28.7. The first-order valence-electron chi connectivity index (χ1n) is 9.43. The highest BCUT2D eigenvalue weighted by Gasteiger charge is 2.24. The van der Waals surface area contributed by atoms with Gasteiger partial charge in [0.1, 0.15) is 6.04 Å². The van der Waals surface area contributed by atoms with E-state index in [1.54, 1.807) is 0 Å². The molecule has 1 aliphatic heterocycles. The third-order valence-corrected chi connectivity index (χ3v) is 4.89. The maximum Gasteiger partial charge on any atom is 0.328 e. The molecule has 27 heavy (non-hydrogen) atoms. The summed E-state index contributed by atoms with van der Waals surface area (Å²) < 4.78 is 4.80. The lowest BCUT2D eigenvalue weighted by molar-refractivity contribution is -0.145. The Labute approximate surface area is 166 Å². The van der Waals surface area contributed by atoms with Crippen LogP contribution in [0, 0.1) is 5.92 Å². The van der Waals surface area contributed by atoms with Crippen LogP contribution in [0.3, 0.4) is 0 Å². The molecule has 1 aromatic carbocycles. The number of benzene rings is 1. The molecule has 2 rings (SSSR count). The van der Waals surface area contributed by atoms with Gasteiger partial charge in [-0.3, -0.25) is 14.6 Å². The highest BCUT2D eigenvalue weighted by atomic mass is 35.5. The van der Waals surface area contributed by atoms with Crippen LogP contribution in [0.15, 0.2) is 24.3 Å². The summed E-state index contributed by atoms with van der Waals surface area (Å²) in [5.74, 6) is -0.220. The lowest BCUT2D eigenvalue weighted by Crippen LogP contribution is -2.51. The molecule has 0 radical (unpaired) electrons. The maximum absolute atomic E-state index is 12.3. The van der Waals surface area contributed by atoms with Gasteiger partial charge in [-0.05, 0) is 30.0 Å². The van der Waals surface area contributed by atoms with E-state index in [1.807, 2.05) is 32.0 Å². The van der Waals surface area contributed by atoms with E-state index in [4.69, 9.17) is 16.3 Å². The number of halogens is 1. The first-order chi connectivity index (χ1) is 12.9. The van der Waals surface area contributed by atoms with Crippen LogP contribution in [-0.4, -0.2) is 67.6 Å². The lowest BCUT2D eigenvalue weighted by Gasteiger charge is -2.34. The van der Waals surface area contributed by atoms with Gasteiger partial charge >= 0.3 is 5.97 Å². The number of hydrogen-bond acceptors (Lipinski definition) is 5. The van der Waals surface area contributed by atoms with E-state index in [1.165, 1.54) is 12.7 Å². The SMILES string of the molecule is COC(=O)[C@H](CC(C)C)NC(=O)CN1CCN(Cc2cccc(Cl)c2)CC1. The fourth-order valence-electron chi connectivity index (χ4n) is 3.27. The molecule has 0 aliphatic carbocycles. The maximum atomic E-state index is 12.3. The predicted molar refractivity (Wildman–Crippen MR) is 107 cm³/mol. The molecule has 0 spiro atoms. The zero-order valence-corrected chi connectivity index (χ0v) is 17.2. The van der Waals surface area contributed by atoms with E-state index in [2.05, 4.69) is 21.2 Å². The molecule has 0 bridgehead atoms. The van der Waals surface area contributed by atoms with Crippen molar-refractivity contribution >= 4 is 23.5 Å². The summed E-state index contributed by atoms with van der Waals surface area (Å²) in [6, 6.07) is 7.33. The Hall–Kier alpha value is -1.63. The molecule has 1 aliphatic rings. The Kier molecular flexibility index (Phi) is 8.54. The van der Waals surface area contributed by atoms with Gasteiger partial charge in [-0.25, -0.2) is 4.79 Å². The molecule has 0 aromatic heterocycles. The van der Waals surface area contributed by atoms with Crippen molar-refractivity contribution in [2.75, 3.05) is 39.8 Å². The lowest BCUT2D eigenvalue weighted by atomic mass is 10.0. The van der Waals surface area contributed by atoms with Crippen LogP contribution in [0.25, 0.3) is 0 Å². The van der Waals surface area contributed by atoms with E-state index in [-0.39, 0.29) is 11.9 Å². The van der Waals surface area contributed by atoms with Crippen LogP contribution in [0.5, 0.6) is 0 Å². The number of carbonyl (C=O) groups excluding carboxylic acids is 2. The summed E-state index contributed by atoms with van der Waals surface area (Å²) >= 11 is 6.04. The van der Waals surface area contributed by atoms with Crippen molar-refractivity contribution in [1.29, 1.82) is 0 Å². The van der Waals surface area contributed by atoms with Crippen molar-refractivity contribution < 1.29 is 14.3 Å². The van der Waals surface area contributed by atoms with Crippen LogP contribution < -0.4 is 5.32 Å². The van der Waals surface area contributed by atoms with E-state index >= 15 is 0 Å². The van der Waals surface area contributed by atoms with E-state index in [9.17, 15) is 9.59 Å². The van der Waals surface area contributed by atoms with Crippen molar-refractivity contribution in [3.05, 3.63) is 34.9 Å². The zero-order chi connectivity index (χ0) is 19.8. The van der Waals surface area contributed by atoms with Crippen molar-refractivity contribution in [2.24, 2.45) is 5.92 Å². The van der Waals surface area contributed by atoms with Crippen molar-refractivity contribution in [3.8, 4) is 0 Å². The zero-order valence-electron chi connectivity index (χ0n) is 16.4. The van der Waals surface area contributed by atoms with Gasteiger partial charge in [0.05, 0.1) is 13.7 Å². The first kappa shape index (κ1) is 21.7. The topological polar surface area (TPSA) is 61.9 Å². The number of ether oxygens (including phenoxy) is 1. The number of methoxy groups -OCH3 is 1. The number of nitrogens with one attached hydrogen (secondary N) is 1. The van der Waals surface area contributed by atoms with Crippen molar-refractivity contribution in [3.63, 3.8) is 0 Å². The minimum Gasteiger partial charge on any atom is -0.467 e. The second-order valence-electron chi connectivity index (χ2n) is 7.46. The summed E-state index contributed by atoms with van der Waals surface area (Å²) in [6.45, 7) is 8.62. The van der Waals surface area contributed by atoms with E-state index in [0.29, 0.717) is 18.9 Å². The van der Waals surface area contributed by atoms with Crippen LogP contribution in [0.4, 0.5) is 0 Å². The third kappa shape index (κ3) is 7.48. The van der Waals surface area contributed by atoms with Gasteiger partial charge in [0.25, 0.3) is 0 Å². The molecular formula is C20H30ClN3O3. The highest BCUT2D eigenvalue weighted by molar-refractivity contribution is 6.30. The Bertz CT molecular complexity index is 631. The second-order valence-corrected chi connectivity index (χ2v) is 7.89. The standard InChI is InChI=1S/C20H30ClN3O3/c1-15(2)11-18(20(26)27-3)22-19(25)14-24-9-7-23(8-10-24)13-16-5-4-6-17(21)12-16/h4-6,12,15,18H,7-11,13-14H2,1-3H3,(H,22,25)/t18-/m0/s1. The first-order valence-corrected chi connectivity index (χ1v) is 9.81. The molecule has 1 N–H and O–H groups in total. The number of rotatable bonds is 8. The molecule has 1 amide bonds. The Morgan fingerprint density at radius 1 is 1.19 bits per heavy atom. The molecule has 1 atom stereocenters. The van der Waals surface area contributed by atoms with Gasteiger partial charge < -0.3 is 10.1 Å². The molecular weight excluding hydrogens is 366 g/mol. The minimum atomic E-state index is -0.577. The quantitative estimate of drug-likeness (QED) is 0.683. The second kappa shape index (κ2) is 10.6. The number of carbonyl (C=O) groups is 2. The van der Waals surface area contributed by atoms with Crippen LogP contribution in [0.2, 0.25) is 5.02 Å². The van der Waals surface area contributed by atoms with Gasteiger partial charge in [-0.2, -0.15) is 0 Å².